The average Bonchev–Trinajstić information content (AvgIpc) is 2.91. The second-order valence-electron chi connectivity index (χ2n) is 10.7. The van der Waals surface area contributed by atoms with Crippen LogP contribution in [0.15, 0.2) is 60.7 Å². The first kappa shape index (κ1) is 33.1. The number of carbonyl (C=O) groups excluding carboxylic acids is 4. The molecule has 0 radical (unpaired) electrons. The maximum atomic E-state index is 13.3. The number of aliphatic hydroxyl groups excluding tert-OH is 1. The zero-order chi connectivity index (χ0) is 30.4. The quantitative estimate of drug-likeness (QED) is 0.221. The van der Waals surface area contributed by atoms with Gasteiger partial charge < -0.3 is 36.4 Å². The molecule has 0 saturated carbocycles. The molecule has 224 valence electrons. The highest BCUT2D eigenvalue weighted by Crippen LogP contribution is 2.11. The summed E-state index contributed by atoms with van der Waals surface area (Å²) in [6.07, 6.45) is -2.31. The Morgan fingerprint density at radius 2 is 1.44 bits per heavy atom. The molecule has 0 saturated heterocycles. The Morgan fingerprint density at radius 3 is 1.98 bits per heavy atom. The minimum absolute atomic E-state index is 0.0307. The predicted molar refractivity (Wildman–Crippen MR) is 156 cm³/mol. The molecule has 2 aromatic rings. The summed E-state index contributed by atoms with van der Waals surface area (Å²) in [5.74, 6) is -1.39. The molecule has 11 nitrogen and oxygen atoms in total. The Hall–Kier alpha value is -4.12. The molecule has 0 heterocycles. The van der Waals surface area contributed by atoms with Crippen molar-refractivity contribution in [3.63, 3.8) is 0 Å². The van der Waals surface area contributed by atoms with Crippen LogP contribution in [0.5, 0.6) is 0 Å². The van der Waals surface area contributed by atoms with Gasteiger partial charge in [-0.2, -0.15) is 0 Å². The van der Waals surface area contributed by atoms with Crippen LogP contribution in [0.4, 0.5) is 9.59 Å². The molecule has 0 fully saturated rings. The van der Waals surface area contributed by atoms with Crippen LogP contribution >= 0.6 is 0 Å². The van der Waals surface area contributed by atoms with Crippen molar-refractivity contribution in [2.24, 2.45) is 11.7 Å². The third kappa shape index (κ3) is 12.7. The number of nitrogens with one attached hydrogen (secondary N) is 3. The van der Waals surface area contributed by atoms with Crippen molar-refractivity contribution in [2.45, 2.75) is 71.4 Å². The molecule has 5 amide bonds. The van der Waals surface area contributed by atoms with E-state index in [0.717, 1.165) is 11.1 Å². The molecule has 2 aromatic carbocycles. The van der Waals surface area contributed by atoms with E-state index in [9.17, 15) is 24.3 Å². The van der Waals surface area contributed by atoms with E-state index in [0.29, 0.717) is 6.54 Å². The summed E-state index contributed by atoms with van der Waals surface area (Å²) in [5, 5.41) is 19.3. The number of amides is 5. The number of rotatable bonds is 15. The number of hydrogen-bond acceptors (Lipinski definition) is 6. The Kier molecular flexibility index (Phi) is 13.6. The maximum Gasteiger partial charge on any atom is 0.408 e. The van der Waals surface area contributed by atoms with Gasteiger partial charge in [0.05, 0.1) is 25.1 Å². The fourth-order valence-corrected chi connectivity index (χ4v) is 4.12. The average molecular weight is 570 g/mol. The van der Waals surface area contributed by atoms with Crippen molar-refractivity contribution in [1.29, 1.82) is 0 Å². The van der Waals surface area contributed by atoms with Gasteiger partial charge in [0.2, 0.25) is 11.8 Å². The van der Waals surface area contributed by atoms with Crippen molar-refractivity contribution in [2.75, 3.05) is 13.1 Å². The normalized spacial score (nSPS) is 13.1. The molecule has 2 rings (SSSR count). The Balaban J connectivity index is 2.20. The molecule has 0 bridgehead atoms. The van der Waals surface area contributed by atoms with E-state index in [4.69, 9.17) is 10.5 Å². The summed E-state index contributed by atoms with van der Waals surface area (Å²) in [5.41, 5.74) is 6.94. The van der Waals surface area contributed by atoms with Gasteiger partial charge in [0.1, 0.15) is 12.6 Å². The molecule has 6 N–H and O–H groups in total. The van der Waals surface area contributed by atoms with Crippen molar-refractivity contribution in [3.8, 4) is 0 Å². The molecule has 0 aromatic heterocycles. The van der Waals surface area contributed by atoms with Gasteiger partial charge in [-0.25, -0.2) is 9.59 Å². The lowest BCUT2D eigenvalue weighted by atomic mass is 9.99. The molecule has 3 atom stereocenters. The zero-order valence-corrected chi connectivity index (χ0v) is 24.2. The first-order valence-corrected chi connectivity index (χ1v) is 13.8. The number of nitrogens with two attached hydrogens (primary N) is 1. The number of urea groups is 1. The maximum absolute atomic E-state index is 13.3. The van der Waals surface area contributed by atoms with Crippen LogP contribution in [0.25, 0.3) is 0 Å². The fraction of sp³-hybridized carbons (Fsp3) is 0.467. The molecule has 0 aliphatic rings. The highest BCUT2D eigenvalue weighted by molar-refractivity contribution is 5.90. The third-order valence-corrected chi connectivity index (χ3v) is 6.01. The van der Waals surface area contributed by atoms with E-state index in [1.807, 2.05) is 64.1 Å². The minimum Gasteiger partial charge on any atom is -0.445 e. The van der Waals surface area contributed by atoms with Crippen LogP contribution in [-0.2, 0) is 27.4 Å². The molecular formula is C30H43N5O6. The van der Waals surface area contributed by atoms with Crippen LogP contribution in [0, 0.1) is 5.92 Å². The van der Waals surface area contributed by atoms with Crippen LogP contribution in [0.3, 0.4) is 0 Å². The fourth-order valence-electron chi connectivity index (χ4n) is 4.12. The molecule has 11 heteroatoms. The van der Waals surface area contributed by atoms with E-state index < -0.39 is 42.5 Å². The Labute approximate surface area is 241 Å². The highest BCUT2D eigenvalue weighted by Gasteiger charge is 2.31. The number of aliphatic hydroxyl groups is 1. The summed E-state index contributed by atoms with van der Waals surface area (Å²) >= 11 is 0. The number of nitrogens with zero attached hydrogens (tertiary/aromatic N) is 1. The molecular weight excluding hydrogens is 526 g/mol. The molecule has 0 spiro atoms. The van der Waals surface area contributed by atoms with Crippen molar-refractivity contribution in [3.05, 3.63) is 71.8 Å². The minimum atomic E-state index is -1.34. The number of hydrogen-bond donors (Lipinski definition) is 5. The monoisotopic (exact) mass is 569 g/mol. The number of ether oxygens (including phenoxy) is 1. The number of benzene rings is 2. The lowest BCUT2D eigenvalue weighted by Crippen LogP contribution is -2.57. The van der Waals surface area contributed by atoms with Gasteiger partial charge >= 0.3 is 12.1 Å². The summed E-state index contributed by atoms with van der Waals surface area (Å²) in [6.45, 7) is 7.91. The molecule has 0 aliphatic heterocycles. The standard InChI is InChI=1S/C30H43N5O6/c1-20(2)17-35(29(39)32-21(3)4)18-26(36)24(15-22-11-7-5-8-12-22)33-28(38)25(16-27(31)37)34-30(40)41-19-23-13-9-6-10-14-23/h5-14,20-21,24-26,36H,15-19H2,1-4H3,(H2,31,37)(H,32,39)(H,33,38)(H,34,40). The van der Waals surface area contributed by atoms with E-state index >= 15 is 0 Å². The molecule has 3 unspecified atom stereocenters. The van der Waals surface area contributed by atoms with Gasteiger partial charge in [-0.3, -0.25) is 9.59 Å². The summed E-state index contributed by atoms with van der Waals surface area (Å²) < 4.78 is 5.20. The predicted octanol–water partition coefficient (Wildman–Crippen LogP) is 2.32. The van der Waals surface area contributed by atoms with Gasteiger partial charge in [0.25, 0.3) is 0 Å². The molecule has 41 heavy (non-hydrogen) atoms. The lowest BCUT2D eigenvalue weighted by Gasteiger charge is -2.32. The van der Waals surface area contributed by atoms with E-state index in [-0.39, 0.29) is 37.6 Å². The van der Waals surface area contributed by atoms with Crippen LogP contribution in [0.2, 0.25) is 0 Å². The topological polar surface area (TPSA) is 163 Å². The van der Waals surface area contributed by atoms with E-state index in [1.165, 1.54) is 4.90 Å². The SMILES string of the molecule is CC(C)CN(CC(O)C(Cc1ccccc1)NC(=O)C(CC(N)=O)NC(=O)OCc1ccccc1)C(=O)NC(C)C. The van der Waals surface area contributed by atoms with Crippen LogP contribution < -0.4 is 21.7 Å². The van der Waals surface area contributed by atoms with Gasteiger partial charge in [0.15, 0.2) is 0 Å². The smallest absolute Gasteiger partial charge is 0.408 e. The van der Waals surface area contributed by atoms with Crippen molar-refractivity contribution >= 4 is 23.9 Å². The number of alkyl carbamates (subject to hydrolysis) is 1. The summed E-state index contributed by atoms with van der Waals surface area (Å²) in [4.78, 5) is 51.9. The number of carbonyl (C=O) groups is 4. The largest absolute Gasteiger partial charge is 0.445 e. The van der Waals surface area contributed by atoms with Crippen LogP contribution in [-0.4, -0.2) is 71.3 Å². The van der Waals surface area contributed by atoms with Crippen LogP contribution in [0.1, 0.15) is 45.2 Å². The second kappa shape index (κ2) is 16.9. The highest BCUT2D eigenvalue weighted by atomic mass is 16.5. The van der Waals surface area contributed by atoms with E-state index in [1.54, 1.807) is 24.3 Å². The van der Waals surface area contributed by atoms with E-state index in [2.05, 4.69) is 16.0 Å². The summed E-state index contributed by atoms with van der Waals surface area (Å²) in [7, 11) is 0. The second-order valence-corrected chi connectivity index (χ2v) is 10.7. The summed E-state index contributed by atoms with van der Waals surface area (Å²) in [6, 6.07) is 15.6. The van der Waals surface area contributed by atoms with Gasteiger partial charge in [0, 0.05) is 12.6 Å². The molecule has 0 aliphatic carbocycles. The Bertz CT molecular complexity index is 1110. The Morgan fingerprint density at radius 1 is 0.854 bits per heavy atom. The van der Waals surface area contributed by atoms with Gasteiger partial charge in [-0.05, 0) is 37.3 Å². The third-order valence-electron chi connectivity index (χ3n) is 6.01. The number of primary amides is 1. The van der Waals surface area contributed by atoms with Gasteiger partial charge in [-0.1, -0.05) is 74.5 Å². The van der Waals surface area contributed by atoms with Gasteiger partial charge in [-0.15, -0.1) is 0 Å². The lowest BCUT2D eigenvalue weighted by molar-refractivity contribution is -0.128. The zero-order valence-electron chi connectivity index (χ0n) is 24.2. The van der Waals surface area contributed by atoms with Crippen molar-refractivity contribution in [1.82, 2.24) is 20.9 Å². The first-order chi connectivity index (χ1) is 19.4. The van der Waals surface area contributed by atoms with Crippen molar-refractivity contribution < 1.29 is 29.0 Å². The first-order valence-electron chi connectivity index (χ1n) is 13.8.